The number of guanidine groups is 1. The fourth-order valence-electron chi connectivity index (χ4n) is 3.93. The molecule has 1 aliphatic heterocycles. The second-order valence-corrected chi connectivity index (χ2v) is 8.51. The number of para-hydroxylation sites is 1. The first-order valence-electron chi connectivity index (χ1n) is 10.6. The number of nitrogens with one attached hydrogen (secondary N) is 1. The Kier molecular flexibility index (Phi) is 6.83. The number of carbonyl (C=O) groups is 1. The molecule has 162 valence electrons. The molecule has 2 aromatic carbocycles. The summed E-state index contributed by atoms with van der Waals surface area (Å²) in [6.07, 6.45) is 2.42. The first-order chi connectivity index (χ1) is 15.7. The van der Waals surface area contributed by atoms with Gasteiger partial charge in [-0.3, -0.25) is 10.1 Å². The zero-order valence-electron chi connectivity index (χ0n) is 17.9. The Morgan fingerprint density at radius 1 is 1.16 bits per heavy atom. The summed E-state index contributed by atoms with van der Waals surface area (Å²) in [5, 5.41) is 16.1. The molecule has 0 aliphatic carbocycles. The molecule has 1 amide bonds. The average molecular weight is 444 g/mol. The van der Waals surface area contributed by atoms with E-state index in [-0.39, 0.29) is 11.9 Å². The number of piperazine rings is 1. The van der Waals surface area contributed by atoms with Crippen molar-refractivity contribution in [2.45, 2.75) is 19.4 Å². The van der Waals surface area contributed by atoms with E-state index >= 15 is 0 Å². The summed E-state index contributed by atoms with van der Waals surface area (Å²) in [7, 11) is 0. The number of nitriles is 1. The minimum atomic E-state index is -0.126. The molecule has 4 rings (SSSR count). The van der Waals surface area contributed by atoms with E-state index in [1.165, 1.54) is 0 Å². The molecule has 2 heterocycles. The topological polar surface area (TPSA) is 71.7 Å². The van der Waals surface area contributed by atoms with Gasteiger partial charge in [-0.2, -0.15) is 16.6 Å². The number of carbonyl (C=O) groups excluding carboxylic acids is 1. The quantitative estimate of drug-likeness (QED) is 0.283. The van der Waals surface area contributed by atoms with Crippen molar-refractivity contribution in [1.82, 2.24) is 15.1 Å². The summed E-state index contributed by atoms with van der Waals surface area (Å²) in [5.41, 5.74) is 3.97. The number of hydrogen-bond donors (Lipinski definition) is 1. The van der Waals surface area contributed by atoms with Gasteiger partial charge in [0, 0.05) is 19.6 Å². The lowest BCUT2D eigenvalue weighted by Crippen LogP contribution is -2.54. The Labute approximate surface area is 192 Å². The van der Waals surface area contributed by atoms with Gasteiger partial charge in [-0.1, -0.05) is 48.5 Å². The number of thiophene rings is 1. The van der Waals surface area contributed by atoms with Crippen LogP contribution in [0.4, 0.5) is 5.69 Å². The molecule has 7 heteroatoms. The lowest BCUT2D eigenvalue weighted by atomic mass is 10.0. The first kappa shape index (κ1) is 21.6. The van der Waals surface area contributed by atoms with Crippen molar-refractivity contribution < 1.29 is 4.79 Å². The van der Waals surface area contributed by atoms with Crippen LogP contribution in [0.3, 0.4) is 0 Å². The third kappa shape index (κ3) is 4.98. The van der Waals surface area contributed by atoms with Crippen LogP contribution in [-0.4, -0.2) is 41.3 Å². The van der Waals surface area contributed by atoms with Gasteiger partial charge in [0.15, 0.2) is 6.19 Å². The number of benzene rings is 2. The normalized spacial score (nSPS) is 16.5. The summed E-state index contributed by atoms with van der Waals surface area (Å²) in [6.45, 7) is 3.70. The summed E-state index contributed by atoms with van der Waals surface area (Å²) < 4.78 is 0. The van der Waals surface area contributed by atoms with Crippen molar-refractivity contribution in [3.8, 4) is 6.19 Å². The minimum Gasteiger partial charge on any atom is -0.338 e. The molecule has 0 spiro atoms. The molecule has 6 nitrogen and oxygen atoms in total. The van der Waals surface area contributed by atoms with Crippen LogP contribution in [0.2, 0.25) is 0 Å². The molecule has 1 aromatic heterocycles. The summed E-state index contributed by atoms with van der Waals surface area (Å²) in [4.78, 5) is 22.0. The maximum atomic E-state index is 13.2. The van der Waals surface area contributed by atoms with Crippen molar-refractivity contribution in [2.24, 2.45) is 4.99 Å². The Bertz CT molecular complexity index is 1120. The molecule has 1 unspecified atom stereocenters. The zero-order valence-corrected chi connectivity index (χ0v) is 18.8. The van der Waals surface area contributed by atoms with Crippen LogP contribution in [0.25, 0.3) is 0 Å². The van der Waals surface area contributed by atoms with E-state index in [0.717, 1.165) is 22.4 Å². The van der Waals surface area contributed by atoms with Crippen molar-refractivity contribution >= 4 is 28.9 Å². The standard InChI is InChI=1S/C25H25N5OS/c1-19-7-5-6-10-22(19)28-25(27-18-26)29-12-13-30(24(31)15-20-11-14-32-17-20)23(16-29)21-8-3-2-4-9-21/h2-11,14,17,23H,12-13,15-16H2,1H3,(H,27,28). The van der Waals surface area contributed by atoms with E-state index in [4.69, 9.17) is 4.99 Å². The number of aryl methyl sites for hydroxylation is 1. The molecule has 32 heavy (non-hydrogen) atoms. The third-order valence-electron chi connectivity index (χ3n) is 5.63. The van der Waals surface area contributed by atoms with E-state index in [1.807, 2.05) is 77.3 Å². The lowest BCUT2D eigenvalue weighted by molar-refractivity contribution is -0.134. The molecule has 1 atom stereocenters. The second-order valence-electron chi connectivity index (χ2n) is 7.73. The molecule has 0 bridgehead atoms. The predicted molar refractivity (Wildman–Crippen MR) is 128 cm³/mol. The van der Waals surface area contributed by atoms with Crippen LogP contribution >= 0.6 is 11.3 Å². The molecule has 1 saturated heterocycles. The van der Waals surface area contributed by atoms with E-state index in [9.17, 15) is 10.1 Å². The fourth-order valence-corrected chi connectivity index (χ4v) is 4.60. The molecule has 0 saturated carbocycles. The molecule has 1 fully saturated rings. The summed E-state index contributed by atoms with van der Waals surface area (Å²) >= 11 is 1.60. The predicted octanol–water partition coefficient (Wildman–Crippen LogP) is 4.24. The van der Waals surface area contributed by atoms with Gasteiger partial charge in [-0.25, -0.2) is 4.99 Å². The number of aliphatic imine (C=N–C) groups is 1. The Morgan fingerprint density at radius 3 is 2.66 bits per heavy atom. The van der Waals surface area contributed by atoms with Crippen LogP contribution in [0.15, 0.2) is 76.4 Å². The molecule has 3 aromatic rings. The lowest BCUT2D eigenvalue weighted by Gasteiger charge is -2.42. The Morgan fingerprint density at radius 2 is 1.94 bits per heavy atom. The highest BCUT2D eigenvalue weighted by atomic mass is 32.1. The van der Waals surface area contributed by atoms with Gasteiger partial charge in [-0.15, -0.1) is 0 Å². The highest BCUT2D eigenvalue weighted by molar-refractivity contribution is 7.08. The highest BCUT2D eigenvalue weighted by Gasteiger charge is 2.33. The first-order valence-corrected chi connectivity index (χ1v) is 11.5. The SMILES string of the molecule is Cc1ccccc1N=C(NC#N)N1CCN(C(=O)Cc2ccsc2)C(c2ccccc2)C1. The number of nitrogens with zero attached hydrogens (tertiary/aromatic N) is 4. The minimum absolute atomic E-state index is 0.113. The molecular weight excluding hydrogens is 418 g/mol. The van der Waals surface area contributed by atoms with Crippen LogP contribution < -0.4 is 5.32 Å². The van der Waals surface area contributed by atoms with Gasteiger partial charge in [-0.05, 0) is 46.5 Å². The van der Waals surface area contributed by atoms with Gasteiger partial charge in [0.25, 0.3) is 0 Å². The third-order valence-corrected chi connectivity index (χ3v) is 6.36. The zero-order chi connectivity index (χ0) is 22.3. The maximum absolute atomic E-state index is 13.2. The second kappa shape index (κ2) is 10.1. The van der Waals surface area contributed by atoms with E-state index < -0.39 is 0 Å². The van der Waals surface area contributed by atoms with E-state index in [2.05, 4.69) is 22.3 Å². The maximum Gasteiger partial charge on any atom is 0.227 e. The largest absolute Gasteiger partial charge is 0.338 e. The van der Waals surface area contributed by atoms with Crippen molar-refractivity contribution in [1.29, 1.82) is 5.26 Å². The van der Waals surface area contributed by atoms with Crippen LogP contribution in [0.5, 0.6) is 0 Å². The van der Waals surface area contributed by atoms with Crippen molar-refractivity contribution in [3.05, 3.63) is 88.1 Å². The number of amides is 1. The molecule has 1 aliphatic rings. The Balaban J connectivity index is 1.61. The van der Waals surface area contributed by atoms with Crippen LogP contribution in [-0.2, 0) is 11.2 Å². The van der Waals surface area contributed by atoms with Crippen LogP contribution in [0, 0.1) is 18.4 Å². The highest BCUT2D eigenvalue weighted by Crippen LogP contribution is 2.27. The average Bonchev–Trinajstić information content (AvgIpc) is 3.33. The van der Waals surface area contributed by atoms with Gasteiger partial charge in [0.1, 0.15) is 0 Å². The summed E-state index contributed by atoms with van der Waals surface area (Å²) in [6, 6.07) is 19.8. The van der Waals surface area contributed by atoms with Crippen molar-refractivity contribution in [2.75, 3.05) is 19.6 Å². The molecule has 1 N–H and O–H groups in total. The van der Waals surface area contributed by atoms with Crippen LogP contribution in [0.1, 0.15) is 22.7 Å². The van der Waals surface area contributed by atoms with Gasteiger partial charge >= 0.3 is 0 Å². The molecule has 0 radical (unpaired) electrons. The fraction of sp³-hybridized carbons (Fsp3) is 0.240. The van der Waals surface area contributed by atoms with Gasteiger partial charge in [0.05, 0.1) is 18.2 Å². The monoisotopic (exact) mass is 443 g/mol. The smallest absolute Gasteiger partial charge is 0.227 e. The summed E-state index contributed by atoms with van der Waals surface area (Å²) in [5.74, 6) is 0.621. The Hall–Kier alpha value is -3.63. The van der Waals surface area contributed by atoms with Gasteiger partial charge < -0.3 is 9.80 Å². The number of rotatable bonds is 4. The van der Waals surface area contributed by atoms with E-state index in [0.29, 0.717) is 32.0 Å². The van der Waals surface area contributed by atoms with E-state index in [1.54, 1.807) is 11.3 Å². The number of hydrogen-bond acceptors (Lipinski definition) is 4. The van der Waals surface area contributed by atoms with Crippen molar-refractivity contribution in [3.63, 3.8) is 0 Å². The van der Waals surface area contributed by atoms with Gasteiger partial charge in [0.2, 0.25) is 11.9 Å². The molecular formula is C25H25N5OS.